The van der Waals surface area contributed by atoms with E-state index in [9.17, 15) is 39.9 Å². The first kappa shape index (κ1) is 33.0. The first-order valence-electron chi connectivity index (χ1n) is 11.5. The first-order chi connectivity index (χ1) is 19.5. The number of aromatic nitrogens is 5. The predicted octanol–water partition coefficient (Wildman–Crippen LogP) is -4.07. The van der Waals surface area contributed by atoms with Crippen molar-refractivity contribution < 1.29 is 72.2 Å². The molecule has 0 aliphatic carbocycles. The smallest absolute Gasteiger partial charge is 0.394 e. The van der Waals surface area contributed by atoms with E-state index in [0.29, 0.717) is 0 Å². The minimum Gasteiger partial charge on any atom is -0.394 e. The fourth-order valence-corrected chi connectivity index (χ4v) is 7.17. The van der Waals surface area contributed by atoms with Gasteiger partial charge in [0.05, 0.1) is 13.2 Å². The molecule has 2 aliphatic heterocycles. The number of anilines is 1. The van der Waals surface area contributed by atoms with Crippen molar-refractivity contribution in [1.82, 2.24) is 25.0 Å². The molecule has 2 fully saturated rings. The number of hydrogen-bond acceptors (Lipinski definition) is 18. The van der Waals surface area contributed by atoms with Gasteiger partial charge in [0, 0.05) is 0 Å². The molecule has 4 heterocycles. The highest BCUT2D eigenvalue weighted by molar-refractivity contribution is 8.08. The van der Waals surface area contributed by atoms with E-state index in [1.807, 2.05) is 0 Å². The summed E-state index contributed by atoms with van der Waals surface area (Å²) in [6.45, 7) is -6.75. The Balaban J connectivity index is 1.44. The number of aliphatic hydroxyl groups excluding tert-OH is 6. The Kier molecular flexibility index (Phi) is 9.64. The van der Waals surface area contributed by atoms with Crippen molar-refractivity contribution in [1.29, 1.82) is 0 Å². The van der Waals surface area contributed by atoms with E-state index in [1.165, 1.54) is 0 Å². The van der Waals surface area contributed by atoms with E-state index in [1.54, 1.807) is 5.92 Å². The number of aliphatic hydroxyl groups is 6. The molecular weight excluding hydrogens is 637 g/mol. The van der Waals surface area contributed by atoms with Gasteiger partial charge in [-0.15, -0.1) is 11.5 Å². The fourth-order valence-electron chi connectivity index (χ4n) is 4.07. The summed E-state index contributed by atoms with van der Waals surface area (Å²) in [6.07, 6.45) is -11.4. The fraction of sp³-hybridized carbons (Fsp3) is 0.667. The van der Waals surface area contributed by atoms with Crippen molar-refractivity contribution in [3.8, 4) is 12.3 Å². The Morgan fingerprint density at radius 3 is 2.57 bits per heavy atom. The summed E-state index contributed by atoms with van der Waals surface area (Å²) in [6, 6.07) is 0. The Hall–Kier alpha value is -1.87. The second kappa shape index (κ2) is 12.3. The third-order valence-electron chi connectivity index (χ3n) is 6.20. The molecule has 234 valence electrons. The maximum Gasteiger partial charge on any atom is 0.481 e. The predicted molar refractivity (Wildman–Crippen MR) is 134 cm³/mol. The molecule has 0 saturated carbocycles. The SMILES string of the molecule is C#C[C@@]1(F)[C@H](O)[C@@H](COP(O)(=S)OP(=O)(O)OC2OC([C@@H](O)CO)C(O)C(O)C2O)O[C@H]1n1nnc2c(N)ncnc21. The third-order valence-corrected chi connectivity index (χ3v) is 9.71. The van der Waals surface area contributed by atoms with Crippen LogP contribution in [0.1, 0.15) is 6.23 Å². The summed E-state index contributed by atoms with van der Waals surface area (Å²) in [5, 5.41) is 66.7. The summed E-state index contributed by atoms with van der Waals surface area (Å²) >= 11 is 4.67. The van der Waals surface area contributed by atoms with E-state index in [2.05, 4.69) is 40.9 Å². The van der Waals surface area contributed by atoms with Crippen LogP contribution in [0.15, 0.2) is 6.33 Å². The highest BCUT2D eigenvalue weighted by Crippen LogP contribution is 2.62. The van der Waals surface area contributed by atoms with E-state index in [4.69, 9.17) is 31.3 Å². The van der Waals surface area contributed by atoms with Crippen molar-refractivity contribution in [2.75, 3.05) is 18.9 Å². The van der Waals surface area contributed by atoms with Gasteiger partial charge in [0.1, 0.15) is 49.1 Å². The molecule has 10 N–H and O–H groups in total. The maximum absolute atomic E-state index is 15.7. The number of alkyl halides is 1. The van der Waals surface area contributed by atoms with Gasteiger partial charge in [-0.25, -0.2) is 23.2 Å². The number of phosphoric ester groups is 1. The molecule has 20 nitrogen and oxygen atoms in total. The zero-order chi connectivity index (χ0) is 31.2. The Morgan fingerprint density at radius 1 is 1.24 bits per heavy atom. The molecule has 2 saturated heterocycles. The van der Waals surface area contributed by atoms with Crippen molar-refractivity contribution in [3.05, 3.63) is 6.33 Å². The largest absolute Gasteiger partial charge is 0.481 e. The average molecular weight is 662 g/mol. The zero-order valence-electron chi connectivity index (χ0n) is 20.8. The Morgan fingerprint density at radius 2 is 1.93 bits per heavy atom. The number of nitrogen functional groups attached to an aromatic ring is 1. The normalized spacial score (nSPS) is 37.1. The molecule has 24 heteroatoms. The first-order valence-corrected chi connectivity index (χ1v) is 15.6. The summed E-state index contributed by atoms with van der Waals surface area (Å²) in [7, 11) is -5.53. The van der Waals surface area contributed by atoms with Crippen LogP contribution in [-0.2, 0) is 39.2 Å². The highest BCUT2D eigenvalue weighted by Gasteiger charge is 2.59. The quantitative estimate of drug-likeness (QED) is 0.0863. The van der Waals surface area contributed by atoms with Gasteiger partial charge in [0.2, 0.25) is 11.9 Å². The van der Waals surface area contributed by atoms with Gasteiger partial charge in [-0.3, -0.25) is 4.52 Å². The molecule has 4 rings (SSSR count). The molecule has 2 aromatic rings. The van der Waals surface area contributed by atoms with Gasteiger partial charge < -0.3 is 60.2 Å². The standard InChI is InChI=1S/C18H25FN6O14P2S/c1-2-18(19)13(31)7(36-17(18)25-15-8(23-24-25)14(20)21-5-22-15)4-35-41(34,42)39-40(32,33)38-16-11(30)9(28)10(29)12(37-16)6(27)3-26/h1,5-7,9-13,16-17,26-31H,3-4H2,(H,32,33)(H,34,42)(H2,20,21,22)/t6-,7+,9?,10?,11?,12?,13+,16?,17+,18+,41?/m0/s1. The molecule has 0 radical (unpaired) electrons. The van der Waals surface area contributed by atoms with Gasteiger partial charge in [-0.05, 0) is 11.8 Å². The van der Waals surface area contributed by atoms with Crippen LogP contribution in [-0.4, -0.2) is 133 Å². The molecule has 2 aromatic heterocycles. The lowest BCUT2D eigenvalue weighted by molar-refractivity contribution is -0.292. The lowest BCUT2D eigenvalue weighted by Gasteiger charge is -2.41. The number of nitrogens with two attached hydrogens (primary N) is 1. The van der Waals surface area contributed by atoms with Crippen LogP contribution >= 0.6 is 14.5 Å². The minimum atomic E-state index is -5.53. The van der Waals surface area contributed by atoms with Gasteiger partial charge >= 0.3 is 14.5 Å². The molecule has 12 atom stereocenters. The van der Waals surface area contributed by atoms with Crippen molar-refractivity contribution in [3.63, 3.8) is 0 Å². The second-order valence-corrected chi connectivity index (χ2v) is 13.3. The van der Waals surface area contributed by atoms with Crippen LogP contribution in [0.2, 0.25) is 0 Å². The number of fused-ring (bicyclic) bond motifs is 1. The van der Waals surface area contributed by atoms with E-state index >= 15 is 4.39 Å². The number of rotatable bonds is 10. The summed E-state index contributed by atoms with van der Waals surface area (Å²) in [4.78, 5) is 28.0. The highest BCUT2D eigenvalue weighted by atomic mass is 32.5. The summed E-state index contributed by atoms with van der Waals surface area (Å²) in [5.41, 5.74) is 2.59. The molecule has 0 aromatic carbocycles. The topological polar surface area (TPSA) is 308 Å². The summed E-state index contributed by atoms with van der Waals surface area (Å²) in [5.74, 6) is 1.66. The van der Waals surface area contributed by atoms with Crippen LogP contribution in [0.25, 0.3) is 11.2 Å². The van der Waals surface area contributed by atoms with Crippen molar-refractivity contribution in [2.24, 2.45) is 0 Å². The van der Waals surface area contributed by atoms with Crippen LogP contribution in [0.4, 0.5) is 10.2 Å². The minimum absolute atomic E-state index is 0.0288. The molecule has 2 aliphatic rings. The molecule has 42 heavy (non-hydrogen) atoms. The molecule has 0 bridgehead atoms. The number of hydrogen-bond donors (Lipinski definition) is 9. The van der Waals surface area contributed by atoms with Gasteiger partial charge in [-0.1, -0.05) is 11.1 Å². The maximum atomic E-state index is 15.7. The number of terminal acetylenes is 1. The second-order valence-electron chi connectivity index (χ2n) is 8.96. The van der Waals surface area contributed by atoms with Crippen LogP contribution in [0.5, 0.6) is 0 Å². The van der Waals surface area contributed by atoms with E-state index in [0.717, 1.165) is 11.0 Å². The zero-order valence-corrected chi connectivity index (χ0v) is 23.4. The average Bonchev–Trinajstić information content (AvgIpc) is 3.46. The number of nitrogens with zero attached hydrogens (tertiary/aromatic N) is 5. The van der Waals surface area contributed by atoms with Crippen LogP contribution < -0.4 is 5.73 Å². The Labute approximate surface area is 239 Å². The molecular formula is C18H25FN6O14P2S. The van der Waals surface area contributed by atoms with Crippen molar-refractivity contribution in [2.45, 2.75) is 60.9 Å². The number of ether oxygens (including phenoxy) is 2. The third kappa shape index (κ3) is 6.33. The molecule has 0 spiro atoms. The molecule has 0 amide bonds. The van der Waals surface area contributed by atoms with Crippen LogP contribution in [0, 0.1) is 12.3 Å². The van der Waals surface area contributed by atoms with Gasteiger partial charge in [-0.2, -0.15) is 4.68 Å². The number of phosphoric acid groups is 1. The van der Waals surface area contributed by atoms with E-state index < -0.39 is 88.7 Å². The Bertz CT molecular complexity index is 1440. The van der Waals surface area contributed by atoms with Crippen molar-refractivity contribution >= 4 is 43.3 Å². The molecule has 7 unspecified atom stereocenters. The lowest BCUT2D eigenvalue weighted by Crippen LogP contribution is -2.61. The lowest BCUT2D eigenvalue weighted by atomic mass is 9.96. The summed E-state index contributed by atoms with van der Waals surface area (Å²) < 4.78 is 53.5. The van der Waals surface area contributed by atoms with Gasteiger partial charge in [0.15, 0.2) is 23.3 Å². The van der Waals surface area contributed by atoms with E-state index in [-0.39, 0.29) is 17.0 Å². The van der Waals surface area contributed by atoms with Crippen LogP contribution in [0.3, 0.4) is 0 Å². The van der Waals surface area contributed by atoms with Gasteiger partial charge in [0.25, 0.3) is 0 Å². The monoisotopic (exact) mass is 662 g/mol. The number of halogens is 1.